The number of ether oxygens (including phenoxy) is 3. The summed E-state index contributed by atoms with van der Waals surface area (Å²) in [6.07, 6.45) is 7.53. The molecule has 7 heteroatoms. The topological polar surface area (TPSA) is 91.0 Å². The number of oxazole rings is 1. The van der Waals surface area contributed by atoms with E-state index in [-0.39, 0.29) is 13.2 Å². The largest absolute Gasteiger partial charge is 0.493 e. The van der Waals surface area contributed by atoms with Crippen LogP contribution in [0.25, 0.3) is 17.0 Å². The lowest BCUT2D eigenvalue weighted by molar-refractivity contribution is -0.137. The number of fused-ring (bicyclic) bond motifs is 2. The molecule has 0 saturated heterocycles. The summed E-state index contributed by atoms with van der Waals surface area (Å²) >= 11 is 0. The standard InChI is InChI=1S/C28H29NO6/c1-18-23(29-28(35-18)20-12-13-25-26(16-20)34-17-33-25)14-15-32-24-10-5-8-21-19(7-4-9-22(21)24)6-2-3-11-27(30)31/h5,7-8,10,12-13,16H,2-4,6,9,11,14-15,17H2,1H3,(H,30,31). The predicted octanol–water partition coefficient (Wildman–Crippen LogP) is 5.97. The minimum absolute atomic E-state index is 0.223. The van der Waals surface area contributed by atoms with Gasteiger partial charge >= 0.3 is 5.97 Å². The number of nitrogens with zero attached hydrogens (tertiary/aromatic N) is 1. The van der Waals surface area contributed by atoms with Crippen LogP contribution in [0, 0.1) is 6.92 Å². The quantitative estimate of drug-likeness (QED) is 0.361. The van der Waals surface area contributed by atoms with Crippen molar-refractivity contribution in [3.05, 3.63) is 65.1 Å². The Labute approximate surface area is 204 Å². The molecule has 0 radical (unpaired) electrons. The maximum absolute atomic E-state index is 10.8. The maximum Gasteiger partial charge on any atom is 0.303 e. The lowest BCUT2D eigenvalue weighted by Crippen LogP contribution is -2.08. The molecule has 1 aliphatic heterocycles. The summed E-state index contributed by atoms with van der Waals surface area (Å²) in [6.45, 7) is 2.66. The summed E-state index contributed by atoms with van der Waals surface area (Å²) in [5.74, 6) is 2.95. The molecular formula is C28H29NO6. The van der Waals surface area contributed by atoms with Crippen LogP contribution < -0.4 is 14.2 Å². The minimum Gasteiger partial charge on any atom is -0.493 e. The molecule has 0 bridgehead atoms. The van der Waals surface area contributed by atoms with Gasteiger partial charge in [0.05, 0.1) is 12.3 Å². The average molecular weight is 476 g/mol. The number of aliphatic carboxylic acids is 1. The number of carboxylic acids is 1. The number of allylic oxidation sites excluding steroid dienone is 2. The first kappa shape index (κ1) is 23.0. The smallest absolute Gasteiger partial charge is 0.303 e. The number of hydrogen-bond acceptors (Lipinski definition) is 6. The molecule has 0 saturated carbocycles. The Morgan fingerprint density at radius 3 is 2.89 bits per heavy atom. The molecule has 2 aromatic carbocycles. The molecule has 2 heterocycles. The number of carbonyl (C=O) groups is 1. The Bertz CT molecular complexity index is 1260. The number of unbranched alkanes of at least 4 members (excludes halogenated alkanes) is 1. The van der Waals surface area contributed by atoms with Gasteiger partial charge in [0.25, 0.3) is 0 Å². The van der Waals surface area contributed by atoms with E-state index in [1.54, 1.807) is 0 Å². The molecule has 3 aromatic rings. The number of aromatic nitrogens is 1. The van der Waals surface area contributed by atoms with E-state index in [1.807, 2.05) is 37.3 Å². The van der Waals surface area contributed by atoms with Crippen LogP contribution in [0.2, 0.25) is 0 Å². The lowest BCUT2D eigenvalue weighted by Gasteiger charge is -2.21. The lowest BCUT2D eigenvalue weighted by atomic mass is 9.87. The van der Waals surface area contributed by atoms with Gasteiger partial charge in [0.15, 0.2) is 11.5 Å². The zero-order valence-electron chi connectivity index (χ0n) is 19.8. The number of aryl methyl sites for hydroxylation is 1. The average Bonchev–Trinajstić information content (AvgIpc) is 3.48. The van der Waals surface area contributed by atoms with Crippen molar-refractivity contribution >= 4 is 11.5 Å². The first-order valence-electron chi connectivity index (χ1n) is 12.1. The monoisotopic (exact) mass is 475 g/mol. The fourth-order valence-electron chi connectivity index (χ4n) is 4.66. The Hall–Kier alpha value is -3.74. The Morgan fingerprint density at radius 2 is 2.00 bits per heavy atom. The van der Waals surface area contributed by atoms with Crippen LogP contribution in [0.15, 0.2) is 46.9 Å². The highest BCUT2D eigenvalue weighted by molar-refractivity contribution is 5.72. The summed E-state index contributed by atoms with van der Waals surface area (Å²) in [5, 5.41) is 8.87. The molecule has 1 aliphatic carbocycles. The van der Waals surface area contributed by atoms with Crippen LogP contribution >= 0.6 is 0 Å². The van der Waals surface area contributed by atoms with E-state index in [0.717, 1.165) is 54.2 Å². The second kappa shape index (κ2) is 10.3. The number of rotatable bonds is 10. The van der Waals surface area contributed by atoms with Crippen LogP contribution in [-0.2, 0) is 17.6 Å². The van der Waals surface area contributed by atoms with Crippen LogP contribution in [0.1, 0.15) is 54.7 Å². The van der Waals surface area contributed by atoms with Gasteiger partial charge in [0, 0.05) is 24.0 Å². The van der Waals surface area contributed by atoms with Crippen LogP contribution in [-0.4, -0.2) is 29.5 Å². The highest BCUT2D eigenvalue weighted by atomic mass is 16.7. The highest BCUT2D eigenvalue weighted by Crippen LogP contribution is 2.37. The summed E-state index contributed by atoms with van der Waals surface area (Å²) in [5.41, 5.74) is 5.49. The van der Waals surface area contributed by atoms with Crippen molar-refractivity contribution in [1.82, 2.24) is 4.98 Å². The van der Waals surface area contributed by atoms with Crippen LogP contribution in [0.4, 0.5) is 0 Å². The van der Waals surface area contributed by atoms with E-state index < -0.39 is 5.97 Å². The molecule has 0 fully saturated rings. The van der Waals surface area contributed by atoms with Gasteiger partial charge in [-0.05, 0) is 74.4 Å². The molecule has 1 N–H and O–H groups in total. The first-order chi connectivity index (χ1) is 17.1. The highest BCUT2D eigenvalue weighted by Gasteiger charge is 2.19. The van der Waals surface area contributed by atoms with E-state index in [1.165, 1.54) is 16.7 Å². The van der Waals surface area contributed by atoms with E-state index in [0.29, 0.717) is 31.1 Å². The molecule has 2 aliphatic rings. The summed E-state index contributed by atoms with van der Waals surface area (Å²) in [4.78, 5) is 15.5. The maximum atomic E-state index is 10.8. The Kier molecular flexibility index (Phi) is 6.75. The van der Waals surface area contributed by atoms with Gasteiger partial charge in [-0.25, -0.2) is 4.98 Å². The zero-order valence-corrected chi connectivity index (χ0v) is 19.8. The third-order valence-corrected chi connectivity index (χ3v) is 6.46. The van der Waals surface area contributed by atoms with Crippen LogP contribution in [0.5, 0.6) is 17.2 Å². The third kappa shape index (κ3) is 5.19. The Morgan fingerprint density at radius 1 is 1.11 bits per heavy atom. The second-order valence-electron chi connectivity index (χ2n) is 8.84. The summed E-state index contributed by atoms with van der Waals surface area (Å²) in [7, 11) is 0. The van der Waals surface area contributed by atoms with Crippen molar-refractivity contribution in [2.75, 3.05) is 13.4 Å². The Balaban J connectivity index is 1.22. The molecule has 0 spiro atoms. The van der Waals surface area contributed by atoms with E-state index >= 15 is 0 Å². The van der Waals surface area contributed by atoms with Crippen molar-refractivity contribution in [3.63, 3.8) is 0 Å². The van der Waals surface area contributed by atoms with Crippen molar-refractivity contribution in [2.24, 2.45) is 0 Å². The first-order valence-corrected chi connectivity index (χ1v) is 12.1. The summed E-state index contributed by atoms with van der Waals surface area (Å²) < 4.78 is 23.0. The van der Waals surface area contributed by atoms with Crippen LogP contribution in [0.3, 0.4) is 0 Å². The molecule has 1 aromatic heterocycles. The number of carboxylic acid groups (broad SMARTS) is 1. The molecule has 0 amide bonds. The number of hydrogen-bond donors (Lipinski definition) is 1. The normalized spacial score (nSPS) is 13.9. The van der Waals surface area contributed by atoms with Gasteiger partial charge in [0.1, 0.15) is 11.5 Å². The SMILES string of the molecule is Cc1oc(-c2ccc3c(c2)OCO3)nc1CCOc1cccc2c1CCC=C2CCCCC(=O)O. The van der Waals surface area contributed by atoms with Crippen molar-refractivity contribution < 1.29 is 28.5 Å². The molecule has 5 rings (SSSR count). The van der Waals surface area contributed by atoms with E-state index in [4.69, 9.17) is 28.7 Å². The molecule has 7 nitrogen and oxygen atoms in total. The minimum atomic E-state index is -0.732. The fourth-order valence-corrected chi connectivity index (χ4v) is 4.66. The third-order valence-electron chi connectivity index (χ3n) is 6.46. The van der Waals surface area contributed by atoms with Gasteiger partial charge in [-0.3, -0.25) is 4.79 Å². The summed E-state index contributed by atoms with van der Waals surface area (Å²) in [6, 6.07) is 11.9. The van der Waals surface area contributed by atoms with Crippen molar-refractivity contribution in [3.8, 4) is 28.7 Å². The van der Waals surface area contributed by atoms with E-state index in [2.05, 4.69) is 12.1 Å². The van der Waals surface area contributed by atoms with Crippen molar-refractivity contribution in [1.29, 1.82) is 0 Å². The van der Waals surface area contributed by atoms with Gasteiger partial charge in [-0.2, -0.15) is 0 Å². The predicted molar refractivity (Wildman–Crippen MR) is 131 cm³/mol. The molecule has 0 atom stereocenters. The number of benzene rings is 2. The molecule has 0 unspecified atom stereocenters. The zero-order chi connectivity index (χ0) is 24.2. The second-order valence-corrected chi connectivity index (χ2v) is 8.84. The fraction of sp³-hybridized carbons (Fsp3) is 0.357. The molecule has 35 heavy (non-hydrogen) atoms. The van der Waals surface area contributed by atoms with Gasteiger partial charge in [-0.15, -0.1) is 0 Å². The van der Waals surface area contributed by atoms with Gasteiger partial charge in [0.2, 0.25) is 12.7 Å². The van der Waals surface area contributed by atoms with Gasteiger partial charge < -0.3 is 23.7 Å². The van der Waals surface area contributed by atoms with Gasteiger partial charge in [-0.1, -0.05) is 18.2 Å². The molecular weight excluding hydrogens is 446 g/mol. The van der Waals surface area contributed by atoms with E-state index in [9.17, 15) is 4.79 Å². The molecule has 182 valence electrons. The van der Waals surface area contributed by atoms with Crippen molar-refractivity contribution in [2.45, 2.75) is 51.9 Å².